The standard InChI is InChI=1S/C12H13N3O2S/c1-8-2-4-10(5-3-8)17-6-9-7-18-12(14-9)11(16)15-13/h2-5,7H,6,13H2,1H3,(H,15,16). The Balaban J connectivity index is 1.96. The zero-order chi connectivity index (χ0) is 13.0. The van der Waals surface area contributed by atoms with Crippen LogP contribution in [-0.2, 0) is 6.61 Å². The number of aromatic nitrogens is 1. The monoisotopic (exact) mass is 263 g/mol. The molecule has 1 aromatic heterocycles. The normalized spacial score (nSPS) is 10.1. The van der Waals surface area contributed by atoms with Crippen molar-refractivity contribution in [2.75, 3.05) is 0 Å². The highest BCUT2D eigenvalue weighted by Crippen LogP contribution is 2.15. The lowest BCUT2D eigenvalue weighted by Crippen LogP contribution is -2.29. The van der Waals surface area contributed by atoms with E-state index < -0.39 is 0 Å². The molecule has 0 bridgehead atoms. The van der Waals surface area contributed by atoms with Crippen LogP contribution in [0, 0.1) is 6.92 Å². The second-order valence-electron chi connectivity index (χ2n) is 3.72. The van der Waals surface area contributed by atoms with Crippen LogP contribution in [-0.4, -0.2) is 10.9 Å². The molecule has 3 N–H and O–H groups in total. The van der Waals surface area contributed by atoms with E-state index >= 15 is 0 Å². The van der Waals surface area contributed by atoms with Crippen molar-refractivity contribution in [3.63, 3.8) is 0 Å². The SMILES string of the molecule is Cc1ccc(OCc2csc(C(=O)NN)n2)cc1. The summed E-state index contributed by atoms with van der Waals surface area (Å²) in [5.74, 6) is 5.42. The van der Waals surface area contributed by atoms with Crippen LogP contribution in [0.2, 0.25) is 0 Å². The Labute approximate surface area is 109 Å². The second kappa shape index (κ2) is 5.61. The molecule has 0 radical (unpaired) electrons. The molecule has 1 amide bonds. The summed E-state index contributed by atoms with van der Waals surface area (Å²) in [6.45, 7) is 2.35. The van der Waals surface area contributed by atoms with Gasteiger partial charge in [-0.15, -0.1) is 11.3 Å². The van der Waals surface area contributed by atoms with E-state index in [0.717, 1.165) is 5.75 Å². The minimum Gasteiger partial charge on any atom is -0.487 e. The van der Waals surface area contributed by atoms with Gasteiger partial charge in [-0.05, 0) is 19.1 Å². The smallest absolute Gasteiger partial charge is 0.294 e. The average molecular weight is 263 g/mol. The summed E-state index contributed by atoms with van der Waals surface area (Å²) < 4.78 is 5.55. The number of hydrazine groups is 1. The summed E-state index contributed by atoms with van der Waals surface area (Å²) in [5, 5.41) is 2.11. The van der Waals surface area contributed by atoms with Crippen LogP contribution < -0.4 is 16.0 Å². The average Bonchev–Trinajstić information content (AvgIpc) is 2.86. The van der Waals surface area contributed by atoms with Crippen LogP contribution in [0.15, 0.2) is 29.6 Å². The van der Waals surface area contributed by atoms with E-state index in [4.69, 9.17) is 10.6 Å². The van der Waals surface area contributed by atoms with Crippen molar-refractivity contribution in [3.8, 4) is 5.75 Å². The molecule has 0 saturated carbocycles. The third-order valence-electron chi connectivity index (χ3n) is 2.28. The first kappa shape index (κ1) is 12.5. The summed E-state index contributed by atoms with van der Waals surface area (Å²) in [5.41, 5.74) is 3.93. The Morgan fingerprint density at radius 1 is 1.44 bits per heavy atom. The Morgan fingerprint density at radius 3 is 2.83 bits per heavy atom. The number of carbonyl (C=O) groups excluding carboxylic acids is 1. The molecule has 0 saturated heterocycles. The molecule has 1 aromatic carbocycles. The number of amides is 1. The number of nitrogens with zero attached hydrogens (tertiary/aromatic N) is 1. The molecule has 18 heavy (non-hydrogen) atoms. The molecule has 0 aliphatic carbocycles. The fourth-order valence-electron chi connectivity index (χ4n) is 1.33. The maximum absolute atomic E-state index is 11.2. The van der Waals surface area contributed by atoms with Gasteiger partial charge < -0.3 is 4.74 Å². The van der Waals surface area contributed by atoms with Crippen molar-refractivity contribution >= 4 is 17.2 Å². The van der Waals surface area contributed by atoms with Gasteiger partial charge in [0.15, 0.2) is 5.01 Å². The molecule has 1 heterocycles. The molecule has 2 rings (SSSR count). The first-order valence-corrected chi connectivity index (χ1v) is 6.22. The number of carbonyl (C=O) groups is 1. The Bertz CT molecular complexity index is 537. The van der Waals surface area contributed by atoms with Gasteiger partial charge in [0.2, 0.25) is 0 Å². The molecule has 0 fully saturated rings. The molecular formula is C12H13N3O2S. The summed E-state index contributed by atoms with van der Waals surface area (Å²) in [7, 11) is 0. The number of nitrogens with one attached hydrogen (secondary N) is 1. The molecule has 94 valence electrons. The minimum absolute atomic E-state index is 0.331. The molecule has 5 nitrogen and oxygen atoms in total. The van der Waals surface area contributed by atoms with E-state index in [-0.39, 0.29) is 5.91 Å². The van der Waals surface area contributed by atoms with Gasteiger partial charge in [0.1, 0.15) is 12.4 Å². The number of benzene rings is 1. The summed E-state index contributed by atoms with van der Waals surface area (Å²) in [4.78, 5) is 15.3. The molecule has 0 aliphatic heterocycles. The fraction of sp³-hybridized carbons (Fsp3) is 0.167. The van der Waals surface area contributed by atoms with Crippen LogP contribution in [0.1, 0.15) is 21.1 Å². The van der Waals surface area contributed by atoms with Crippen molar-refractivity contribution in [2.45, 2.75) is 13.5 Å². The van der Waals surface area contributed by atoms with Crippen molar-refractivity contribution < 1.29 is 9.53 Å². The first-order valence-electron chi connectivity index (χ1n) is 5.34. The lowest BCUT2D eigenvalue weighted by Gasteiger charge is -2.03. The Morgan fingerprint density at radius 2 is 2.17 bits per heavy atom. The van der Waals surface area contributed by atoms with Crippen molar-refractivity contribution in [2.24, 2.45) is 5.84 Å². The fourth-order valence-corrected chi connectivity index (χ4v) is 2.04. The zero-order valence-corrected chi connectivity index (χ0v) is 10.7. The van der Waals surface area contributed by atoms with Crippen molar-refractivity contribution in [1.82, 2.24) is 10.4 Å². The third kappa shape index (κ3) is 3.06. The molecule has 6 heteroatoms. The number of aryl methyl sites for hydroxylation is 1. The Hall–Kier alpha value is -1.92. The van der Waals surface area contributed by atoms with Gasteiger partial charge in [-0.3, -0.25) is 10.2 Å². The van der Waals surface area contributed by atoms with Gasteiger partial charge >= 0.3 is 0 Å². The van der Waals surface area contributed by atoms with E-state index in [1.807, 2.05) is 36.6 Å². The quantitative estimate of drug-likeness (QED) is 0.499. The topological polar surface area (TPSA) is 77.2 Å². The second-order valence-corrected chi connectivity index (χ2v) is 4.58. The van der Waals surface area contributed by atoms with E-state index in [9.17, 15) is 4.79 Å². The van der Waals surface area contributed by atoms with Crippen LogP contribution in [0.4, 0.5) is 0 Å². The van der Waals surface area contributed by atoms with Gasteiger partial charge in [0.25, 0.3) is 5.91 Å². The van der Waals surface area contributed by atoms with Crippen LogP contribution in [0.5, 0.6) is 5.75 Å². The number of nitrogens with two attached hydrogens (primary N) is 1. The Kier molecular flexibility index (Phi) is 3.91. The lowest BCUT2D eigenvalue weighted by molar-refractivity contribution is 0.0953. The van der Waals surface area contributed by atoms with Crippen LogP contribution in [0.3, 0.4) is 0 Å². The summed E-state index contributed by atoms with van der Waals surface area (Å²) >= 11 is 1.24. The predicted molar refractivity (Wildman–Crippen MR) is 69.3 cm³/mol. The molecular weight excluding hydrogens is 250 g/mol. The minimum atomic E-state index is -0.387. The van der Waals surface area contributed by atoms with Crippen molar-refractivity contribution in [1.29, 1.82) is 0 Å². The molecule has 2 aromatic rings. The van der Waals surface area contributed by atoms with Gasteiger partial charge in [0.05, 0.1) is 5.69 Å². The number of hydrogen-bond donors (Lipinski definition) is 2. The molecule has 0 atom stereocenters. The maximum Gasteiger partial charge on any atom is 0.294 e. The van der Waals surface area contributed by atoms with Crippen molar-refractivity contribution in [3.05, 3.63) is 45.9 Å². The zero-order valence-electron chi connectivity index (χ0n) is 9.84. The van der Waals surface area contributed by atoms with E-state index in [0.29, 0.717) is 17.3 Å². The molecule has 0 aliphatic rings. The number of rotatable bonds is 4. The van der Waals surface area contributed by atoms with Gasteiger partial charge in [0, 0.05) is 5.38 Å². The number of ether oxygens (including phenoxy) is 1. The maximum atomic E-state index is 11.2. The predicted octanol–water partition coefficient (Wildman–Crippen LogP) is 1.63. The van der Waals surface area contributed by atoms with Gasteiger partial charge in [-0.1, -0.05) is 17.7 Å². The number of nitrogen functional groups attached to an aromatic ring is 1. The highest BCUT2D eigenvalue weighted by Gasteiger charge is 2.09. The number of hydrogen-bond acceptors (Lipinski definition) is 5. The molecule has 0 spiro atoms. The first-order chi connectivity index (χ1) is 8.69. The third-order valence-corrected chi connectivity index (χ3v) is 3.17. The van der Waals surface area contributed by atoms with Crippen LogP contribution in [0.25, 0.3) is 0 Å². The number of thiazole rings is 1. The van der Waals surface area contributed by atoms with E-state index in [2.05, 4.69) is 4.98 Å². The summed E-state index contributed by atoms with van der Waals surface area (Å²) in [6.07, 6.45) is 0. The highest BCUT2D eigenvalue weighted by molar-refractivity contribution is 7.11. The highest BCUT2D eigenvalue weighted by atomic mass is 32.1. The van der Waals surface area contributed by atoms with E-state index in [1.54, 1.807) is 5.38 Å². The van der Waals surface area contributed by atoms with Crippen LogP contribution >= 0.6 is 11.3 Å². The van der Waals surface area contributed by atoms with Gasteiger partial charge in [-0.2, -0.15) is 0 Å². The summed E-state index contributed by atoms with van der Waals surface area (Å²) in [6, 6.07) is 7.75. The lowest BCUT2D eigenvalue weighted by atomic mass is 10.2. The van der Waals surface area contributed by atoms with E-state index in [1.165, 1.54) is 16.9 Å². The molecule has 0 unspecified atom stereocenters. The van der Waals surface area contributed by atoms with Gasteiger partial charge in [-0.25, -0.2) is 10.8 Å². The largest absolute Gasteiger partial charge is 0.487 e.